The third-order valence-electron chi connectivity index (χ3n) is 3.46. The molecular formula is C20H14F3NO2S. The van der Waals surface area contributed by atoms with Gasteiger partial charge in [0.25, 0.3) is 5.17 Å². The molecular weight excluding hydrogens is 375 g/mol. The number of alkyl halides is 3. The van der Waals surface area contributed by atoms with E-state index in [0.717, 1.165) is 12.1 Å². The van der Waals surface area contributed by atoms with E-state index in [1.807, 2.05) is 18.2 Å². The highest BCUT2D eigenvalue weighted by atomic mass is 32.1. The normalized spacial score (nSPS) is 10.9. The molecule has 0 aliphatic carbocycles. The molecule has 0 radical (unpaired) electrons. The van der Waals surface area contributed by atoms with E-state index in [1.165, 1.54) is 12.1 Å². The Balaban J connectivity index is 1.72. The zero-order valence-corrected chi connectivity index (χ0v) is 14.7. The number of halogens is 3. The van der Waals surface area contributed by atoms with Crippen LogP contribution in [-0.4, -0.2) is 5.17 Å². The zero-order valence-electron chi connectivity index (χ0n) is 13.9. The second-order valence-electron chi connectivity index (χ2n) is 5.45. The molecule has 7 heteroatoms. The third kappa shape index (κ3) is 5.21. The number of rotatable bonds is 4. The van der Waals surface area contributed by atoms with Gasteiger partial charge in [-0.2, -0.15) is 13.2 Å². The molecule has 0 aromatic heterocycles. The number of anilines is 1. The van der Waals surface area contributed by atoms with E-state index in [4.69, 9.17) is 21.7 Å². The first-order valence-electron chi connectivity index (χ1n) is 7.90. The number of hydrogen-bond donors (Lipinski definition) is 1. The summed E-state index contributed by atoms with van der Waals surface area (Å²) in [4.78, 5) is 0. The molecule has 3 aromatic rings. The molecule has 138 valence electrons. The van der Waals surface area contributed by atoms with Crippen molar-refractivity contribution in [1.29, 1.82) is 0 Å². The molecule has 0 bridgehead atoms. The van der Waals surface area contributed by atoms with Crippen LogP contribution in [0, 0.1) is 0 Å². The first-order chi connectivity index (χ1) is 12.9. The van der Waals surface area contributed by atoms with E-state index < -0.39 is 11.7 Å². The van der Waals surface area contributed by atoms with Crippen molar-refractivity contribution in [3.05, 3.63) is 84.4 Å². The minimum atomic E-state index is -4.43. The Labute approximate surface area is 159 Å². The van der Waals surface area contributed by atoms with Gasteiger partial charge in [-0.05, 0) is 54.7 Å². The lowest BCUT2D eigenvalue weighted by atomic mass is 10.2. The highest BCUT2D eigenvalue weighted by Crippen LogP contribution is 2.32. The summed E-state index contributed by atoms with van der Waals surface area (Å²) in [5, 5.41) is 2.55. The van der Waals surface area contributed by atoms with Gasteiger partial charge in [0.2, 0.25) is 0 Å². The van der Waals surface area contributed by atoms with Crippen molar-refractivity contribution < 1.29 is 22.6 Å². The van der Waals surface area contributed by atoms with Crippen molar-refractivity contribution in [3.8, 4) is 17.2 Å². The highest BCUT2D eigenvalue weighted by Gasteiger charge is 2.30. The van der Waals surface area contributed by atoms with Gasteiger partial charge >= 0.3 is 6.18 Å². The van der Waals surface area contributed by atoms with Gasteiger partial charge in [0, 0.05) is 5.69 Å². The molecule has 0 amide bonds. The lowest BCUT2D eigenvalue weighted by Crippen LogP contribution is -2.17. The van der Waals surface area contributed by atoms with E-state index in [9.17, 15) is 13.2 Å². The fourth-order valence-electron chi connectivity index (χ4n) is 2.25. The number of nitrogens with one attached hydrogen (secondary N) is 1. The SMILES string of the molecule is FC(F)(F)c1cccc(NC(=S)Oc2ccccc2Oc2ccccc2)c1. The van der Waals surface area contributed by atoms with Crippen LogP contribution >= 0.6 is 12.2 Å². The first-order valence-corrected chi connectivity index (χ1v) is 8.31. The lowest BCUT2D eigenvalue weighted by Gasteiger charge is -2.14. The summed E-state index contributed by atoms with van der Waals surface area (Å²) in [6.45, 7) is 0. The van der Waals surface area contributed by atoms with E-state index >= 15 is 0 Å². The molecule has 27 heavy (non-hydrogen) atoms. The number of benzene rings is 3. The van der Waals surface area contributed by atoms with Gasteiger partial charge in [-0.3, -0.25) is 0 Å². The number of ether oxygens (including phenoxy) is 2. The summed E-state index contributed by atoms with van der Waals surface area (Å²) in [5.41, 5.74) is -0.598. The molecule has 0 heterocycles. The summed E-state index contributed by atoms with van der Waals surface area (Å²) < 4.78 is 49.7. The average molecular weight is 389 g/mol. The second kappa shape index (κ2) is 8.09. The lowest BCUT2D eigenvalue weighted by molar-refractivity contribution is -0.137. The molecule has 0 saturated carbocycles. The van der Waals surface area contributed by atoms with Crippen LogP contribution in [0.2, 0.25) is 0 Å². The zero-order chi connectivity index (χ0) is 19.3. The molecule has 0 spiro atoms. The minimum Gasteiger partial charge on any atom is -0.453 e. The van der Waals surface area contributed by atoms with Gasteiger partial charge < -0.3 is 14.8 Å². The van der Waals surface area contributed by atoms with Crippen LogP contribution in [0.1, 0.15) is 5.56 Å². The maximum atomic E-state index is 12.8. The van der Waals surface area contributed by atoms with E-state index in [-0.39, 0.29) is 10.9 Å². The van der Waals surface area contributed by atoms with Gasteiger partial charge in [-0.15, -0.1) is 0 Å². The second-order valence-corrected chi connectivity index (χ2v) is 5.83. The fourth-order valence-corrected chi connectivity index (χ4v) is 2.46. The summed E-state index contributed by atoms with van der Waals surface area (Å²) in [6.07, 6.45) is -4.43. The van der Waals surface area contributed by atoms with E-state index in [1.54, 1.807) is 36.4 Å². The van der Waals surface area contributed by atoms with Gasteiger partial charge in [-0.25, -0.2) is 0 Å². The van der Waals surface area contributed by atoms with Crippen LogP contribution in [0.3, 0.4) is 0 Å². The average Bonchev–Trinajstić information content (AvgIpc) is 2.64. The largest absolute Gasteiger partial charge is 0.453 e. The molecule has 0 aliphatic rings. The monoisotopic (exact) mass is 389 g/mol. The maximum Gasteiger partial charge on any atom is 0.416 e. The van der Waals surface area contributed by atoms with Gasteiger partial charge in [0.05, 0.1) is 5.56 Å². The number of para-hydroxylation sites is 3. The Morgan fingerprint density at radius 3 is 2.19 bits per heavy atom. The standard InChI is InChI=1S/C20H14F3NO2S/c21-20(22,23)14-7-6-8-15(13-14)24-19(27)26-18-12-5-4-11-17(18)25-16-9-2-1-3-10-16/h1-13H,(H,24,27). The Bertz CT molecular complexity index is 930. The molecule has 0 aliphatic heterocycles. The molecule has 0 saturated heterocycles. The smallest absolute Gasteiger partial charge is 0.416 e. The van der Waals surface area contributed by atoms with Gasteiger partial charge in [0.1, 0.15) is 5.75 Å². The summed E-state index contributed by atoms with van der Waals surface area (Å²) in [7, 11) is 0. The molecule has 1 N–H and O–H groups in total. The van der Waals surface area contributed by atoms with Crippen molar-refractivity contribution in [2.24, 2.45) is 0 Å². The van der Waals surface area contributed by atoms with Crippen molar-refractivity contribution in [1.82, 2.24) is 0 Å². The van der Waals surface area contributed by atoms with E-state index in [2.05, 4.69) is 5.32 Å². The van der Waals surface area contributed by atoms with Crippen LogP contribution in [0.4, 0.5) is 18.9 Å². The van der Waals surface area contributed by atoms with Crippen LogP contribution in [0.25, 0.3) is 0 Å². The summed E-state index contributed by atoms with van der Waals surface area (Å²) in [5.74, 6) is 1.38. The van der Waals surface area contributed by atoms with Crippen LogP contribution in [-0.2, 0) is 6.18 Å². The summed E-state index contributed by atoms with van der Waals surface area (Å²) in [6, 6.07) is 20.7. The number of thiocarbonyl (C=S) groups is 1. The molecule has 0 atom stereocenters. The molecule has 3 nitrogen and oxygen atoms in total. The Hall–Kier alpha value is -3.06. The molecule has 0 fully saturated rings. The minimum absolute atomic E-state index is 0.0987. The number of hydrogen-bond acceptors (Lipinski definition) is 3. The first kappa shape index (κ1) is 18.7. The van der Waals surface area contributed by atoms with Gasteiger partial charge in [0.15, 0.2) is 11.5 Å². The van der Waals surface area contributed by atoms with Crippen molar-refractivity contribution in [2.45, 2.75) is 6.18 Å². The Morgan fingerprint density at radius 2 is 1.48 bits per heavy atom. The highest BCUT2D eigenvalue weighted by molar-refractivity contribution is 7.80. The van der Waals surface area contributed by atoms with Crippen LogP contribution in [0.15, 0.2) is 78.9 Å². The van der Waals surface area contributed by atoms with Gasteiger partial charge in [-0.1, -0.05) is 36.4 Å². The van der Waals surface area contributed by atoms with Crippen LogP contribution < -0.4 is 14.8 Å². The Kier molecular flexibility index (Phi) is 5.61. The van der Waals surface area contributed by atoms with Crippen molar-refractivity contribution in [2.75, 3.05) is 5.32 Å². The predicted octanol–water partition coefficient (Wildman–Crippen LogP) is 6.27. The van der Waals surface area contributed by atoms with Crippen LogP contribution in [0.5, 0.6) is 17.2 Å². The Morgan fingerprint density at radius 1 is 0.815 bits per heavy atom. The quantitative estimate of drug-likeness (QED) is 0.533. The third-order valence-corrected chi connectivity index (χ3v) is 3.64. The molecule has 0 unspecified atom stereocenters. The predicted molar refractivity (Wildman–Crippen MR) is 101 cm³/mol. The maximum absolute atomic E-state index is 12.8. The topological polar surface area (TPSA) is 30.5 Å². The van der Waals surface area contributed by atoms with Crippen molar-refractivity contribution >= 4 is 23.1 Å². The fraction of sp³-hybridized carbons (Fsp3) is 0.0500. The molecule has 3 rings (SSSR count). The summed E-state index contributed by atoms with van der Waals surface area (Å²) >= 11 is 5.11. The van der Waals surface area contributed by atoms with Crippen molar-refractivity contribution in [3.63, 3.8) is 0 Å². The van der Waals surface area contributed by atoms with E-state index in [0.29, 0.717) is 17.2 Å². The molecule has 3 aromatic carbocycles.